The van der Waals surface area contributed by atoms with Gasteiger partial charge in [0.25, 0.3) is 5.91 Å². The molecule has 0 spiro atoms. The molecule has 0 unspecified atom stereocenters. The van der Waals surface area contributed by atoms with Gasteiger partial charge < -0.3 is 15.4 Å². The molecule has 1 aromatic heterocycles. The van der Waals surface area contributed by atoms with Gasteiger partial charge >= 0.3 is 0 Å². The molecule has 100 valence electrons. The Morgan fingerprint density at radius 3 is 2.56 bits per heavy atom. The zero-order valence-corrected chi connectivity index (χ0v) is 11.3. The molecule has 0 fully saturated rings. The van der Waals surface area contributed by atoms with Crippen molar-refractivity contribution in [3.8, 4) is 0 Å². The van der Waals surface area contributed by atoms with Gasteiger partial charge in [-0.25, -0.2) is 0 Å². The highest BCUT2D eigenvalue weighted by atomic mass is 16.5. The van der Waals surface area contributed by atoms with Gasteiger partial charge in [0.15, 0.2) is 5.69 Å². The normalized spacial score (nSPS) is 11.1. The van der Waals surface area contributed by atoms with Crippen molar-refractivity contribution in [2.45, 2.75) is 26.3 Å². The third-order valence-corrected chi connectivity index (χ3v) is 1.99. The van der Waals surface area contributed by atoms with Gasteiger partial charge in [-0.1, -0.05) is 0 Å². The van der Waals surface area contributed by atoms with E-state index in [1.807, 2.05) is 20.8 Å². The van der Waals surface area contributed by atoms with Crippen LogP contribution in [0.25, 0.3) is 0 Å². The van der Waals surface area contributed by atoms with E-state index >= 15 is 0 Å². The summed E-state index contributed by atoms with van der Waals surface area (Å²) in [5.74, 6) is 0.401. The zero-order chi connectivity index (χ0) is 13.6. The van der Waals surface area contributed by atoms with Crippen LogP contribution in [-0.4, -0.2) is 41.9 Å². The molecule has 1 rings (SSSR count). The van der Waals surface area contributed by atoms with E-state index in [-0.39, 0.29) is 11.4 Å². The van der Waals surface area contributed by atoms with E-state index < -0.39 is 0 Å². The summed E-state index contributed by atoms with van der Waals surface area (Å²) in [6.45, 7) is 7.02. The lowest BCUT2D eigenvalue weighted by molar-refractivity contribution is 0.0931. The molecule has 0 aromatic carbocycles. The van der Waals surface area contributed by atoms with E-state index in [4.69, 9.17) is 4.74 Å². The zero-order valence-electron chi connectivity index (χ0n) is 11.3. The van der Waals surface area contributed by atoms with Gasteiger partial charge in [-0.2, -0.15) is 0 Å². The van der Waals surface area contributed by atoms with Crippen LogP contribution < -0.4 is 10.6 Å². The summed E-state index contributed by atoms with van der Waals surface area (Å²) in [5, 5.41) is 13.7. The Kier molecular flexibility index (Phi) is 5.03. The van der Waals surface area contributed by atoms with Crippen LogP contribution >= 0.6 is 0 Å². The van der Waals surface area contributed by atoms with Crippen LogP contribution in [0.4, 0.5) is 5.82 Å². The first-order chi connectivity index (χ1) is 8.42. The summed E-state index contributed by atoms with van der Waals surface area (Å²) >= 11 is 0. The minimum Gasteiger partial charge on any atom is -0.383 e. The number of carbonyl (C=O) groups excluding carboxylic acids is 1. The molecule has 1 amide bonds. The number of anilines is 1. The summed E-state index contributed by atoms with van der Waals surface area (Å²) in [4.78, 5) is 11.6. The predicted octanol–water partition coefficient (Wildman–Crippen LogP) is 1.06. The number of methoxy groups -OCH3 is 1. The molecule has 0 saturated heterocycles. The summed E-state index contributed by atoms with van der Waals surface area (Å²) < 4.78 is 4.84. The van der Waals surface area contributed by atoms with Crippen LogP contribution in [0.3, 0.4) is 0 Å². The Labute approximate surface area is 107 Å². The minimum absolute atomic E-state index is 0.0864. The van der Waals surface area contributed by atoms with Crippen molar-refractivity contribution in [2.24, 2.45) is 0 Å². The second-order valence-electron chi connectivity index (χ2n) is 4.93. The number of aromatic nitrogens is 2. The fourth-order valence-corrected chi connectivity index (χ4v) is 1.26. The minimum atomic E-state index is -0.248. The Hall–Kier alpha value is -1.69. The van der Waals surface area contributed by atoms with Crippen molar-refractivity contribution in [3.05, 3.63) is 17.8 Å². The van der Waals surface area contributed by atoms with Gasteiger partial charge in [0.2, 0.25) is 0 Å². The number of rotatable bonds is 5. The lowest BCUT2D eigenvalue weighted by Crippen LogP contribution is -2.29. The summed E-state index contributed by atoms with van der Waals surface area (Å²) in [7, 11) is 1.58. The maximum absolute atomic E-state index is 11.6. The molecule has 0 radical (unpaired) electrons. The van der Waals surface area contributed by atoms with E-state index in [1.54, 1.807) is 19.2 Å². The maximum atomic E-state index is 11.6. The number of nitrogens with one attached hydrogen (secondary N) is 2. The molecule has 18 heavy (non-hydrogen) atoms. The third kappa shape index (κ3) is 5.09. The number of amides is 1. The molecule has 0 aliphatic heterocycles. The summed E-state index contributed by atoms with van der Waals surface area (Å²) in [5.41, 5.74) is 0.210. The third-order valence-electron chi connectivity index (χ3n) is 1.99. The van der Waals surface area contributed by atoms with Gasteiger partial charge in [-0.15, -0.1) is 10.2 Å². The highest BCUT2D eigenvalue weighted by Gasteiger charge is 2.12. The Balaban J connectivity index is 2.57. The summed E-state index contributed by atoms with van der Waals surface area (Å²) in [6, 6.07) is 3.38. The average Bonchev–Trinajstić information content (AvgIpc) is 2.28. The van der Waals surface area contributed by atoms with Crippen molar-refractivity contribution in [1.82, 2.24) is 15.5 Å². The lowest BCUT2D eigenvalue weighted by Gasteiger charge is -2.20. The maximum Gasteiger partial charge on any atom is 0.271 e. The predicted molar refractivity (Wildman–Crippen MR) is 69.6 cm³/mol. The highest BCUT2D eigenvalue weighted by molar-refractivity contribution is 5.92. The van der Waals surface area contributed by atoms with E-state index in [1.165, 1.54) is 0 Å². The van der Waals surface area contributed by atoms with Crippen LogP contribution in [-0.2, 0) is 4.74 Å². The Morgan fingerprint density at radius 1 is 1.33 bits per heavy atom. The molecule has 6 heteroatoms. The number of carbonyl (C=O) groups is 1. The number of hydrogen-bond acceptors (Lipinski definition) is 5. The standard InChI is InChI=1S/C12H20N4O2/c1-12(2,3)14-10-6-5-9(15-16-10)11(17)13-7-8-18-4/h5-6H,7-8H2,1-4H3,(H,13,17)(H,14,16). The SMILES string of the molecule is COCCNC(=O)c1ccc(NC(C)(C)C)nn1. The molecule has 0 bridgehead atoms. The molecular weight excluding hydrogens is 232 g/mol. The average molecular weight is 252 g/mol. The van der Waals surface area contributed by atoms with Crippen LogP contribution in [0.1, 0.15) is 31.3 Å². The van der Waals surface area contributed by atoms with Crippen molar-refractivity contribution in [3.63, 3.8) is 0 Å². The fourth-order valence-electron chi connectivity index (χ4n) is 1.26. The molecule has 0 aliphatic rings. The monoisotopic (exact) mass is 252 g/mol. The smallest absolute Gasteiger partial charge is 0.271 e. The molecule has 1 aromatic rings. The van der Waals surface area contributed by atoms with E-state index in [2.05, 4.69) is 20.8 Å². The number of hydrogen-bond donors (Lipinski definition) is 2. The Bertz CT molecular complexity index is 384. The quantitative estimate of drug-likeness (QED) is 0.766. The summed E-state index contributed by atoms with van der Waals surface area (Å²) in [6.07, 6.45) is 0. The van der Waals surface area contributed by atoms with Crippen LogP contribution in [0.15, 0.2) is 12.1 Å². The van der Waals surface area contributed by atoms with Gasteiger partial charge in [0.1, 0.15) is 5.82 Å². The van der Waals surface area contributed by atoms with E-state index in [9.17, 15) is 4.79 Å². The molecule has 0 aliphatic carbocycles. The van der Waals surface area contributed by atoms with Crippen LogP contribution in [0.2, 0.25) is 0 Å². The van der Waals surface area contributed by atoms with Gasteiger partial charge in [0, 0.05) is 19.2 Å². The van der Waals surface area contributed by atoms with Gasteiger partial charge in [-0.3, -0.25) is 4.79 Å². The fraction of sp³-hybridized carbons (Fsp3) is 0.583. The van der Waals surface area contributed by atoms with Crippen molar-refractivity contribution in [1.29, 1.82) is 0 Å². The Morgan fingerprint density at radius 2 is 2.06 bits per heavy atom. The van der Waals surface area contributed by atoms with Crippen molar-refractivity contribution >= 4 is 11.7 Å². The second-order valence-corrected chi connectivity index (χ2v) is 4.93. The molecule has 1 heterocycles. The van der Waals surface area contributed by atoms with Crippen molar-refractivity contribution in [2.75, 3.05) is 25.6 Å². The first kappa shape index (κ1) is 14.4. The molecule has 2 N–H and O–H groups in total. The first-order valence-corrected chi connectivity index (χ1v) is 5.81. The van der Waals surface area contributed by atoms with Gasteiger partial charge in [-0.05, 0) is 32.9 Å². The van der Waals surface area contributed by atoms with E-state index in [0.29, 0.717) is 24.7 Å². The van der Waals surface area contributed by atoms with Crippen molar-refractivity contribution < 1.29 is 9.53 Å². The topological polar surface area (TPSA) is 76.1 Å². The molecule has 0 atom stereocenters. The second kappa shape index (κ2) is 6.30. The van der Waals surface area contributed by atoms with E-state index in [0.717, 1.165) is 0 Å². The van der Waals surface area contributed by atoms with Crippen LogP contribution in [0.5, 0.6) is 0 Å². The molecule has 0 saturated carbocycles. The largest absolute Gasteiger partial charge is 0.383 e. The molecular formula is C12H20N4O2. The number of nitrogens with zero attached hydrogens (tertiary/aromatic N) is 2. The highest BCUT2D eigenvalue weighted by Crippen LogP contribution is 2.10. The molecule has 6 nitrogen and oxygen atoms in total. The van der Waals surface area contributed by atoms with Gasteiger partial charge in [0.05, 0.1) is 6.61 Å². The lowest BCUT2D eigenvalue weighted by atomic mass is 10.1. The van der Waals surface area contributed by atoms with Crippen LogP contribution in [0, 0.1) is 0 Å². The first-order valence-electron chi connectivity index (χ1n) is 5.81. The number of ether oxygens (including phenoxy) is 1.